The van der Waals surface area contributed by atoms with Crippen molar-refractivity contribution in [3.05, 3.63) is 63.6 Å². The molecular formula is C16H17Cl2NS. The topological polar surface area (TPSA) is 26.0 Å². The summed E-state index contributed by atoms with van der Waals surface area (Å²) in [7, 11) is 0. The van der Waals surface area contributed by atoms with E-state index in [1.807, 2.05) is 23.9 Å². The monoisotopic (exact) mass is 325 g/mol. The maximum absolute atomic E-state index is 6.26. The lowest BCUT2D eigenvalue weighted by molar-refractivity contribution is 0.721. The van der Waals surface area contributed by atoms with Gasteiger partial charge in [-0.25, -0.2) is 0 Å². The molecule has 0 heterocycles. The molecule has 0 bridgehead atoms. The van der Waals surface area contributed by atoms with Crippen LogP contribution in [0.1, 0.15) is 24.1 Å². The SMILES string of the molecule is CCSc1ccc(C(N)Cc2cccc(Cl)c2Cl)cc1. The number of benzene rings is 2. The van der Waals surface area contributed by atoms with Gasteiger partial charge in [0.15, 0.2) is 0 Å². The Kier molecular flexibility index (Phi) is 5.79. The van der Waals surface area contributed by atoms with Crippen LogP contribution in [0.15, 0.2) is 47.4 Å². The summed E-state index contributed by atoms with van der Waals surface area (Å²) in [5, 5.41) is 1.17. The standard InChI is InChI=1S/C16H17Cl2NS/c1-2-20-13-8-6-11(7-9-13)15(19)10-12-4-3-5-14(17)16(12)18/h3-9,15H,2,10,19H2,1H3. The molecule has 106 valence electrons. The van der Waals surface area contributed by atoms with E-state index >= 15 is 0 Å². The molecule has 0 aliphatic heterocycles. The number of rotatable bonds is 5. The Morgan fingerprint density at radius 1 is 1.10 bits per heavy atom. The van der Waals surface area contributed by atoms with E-state index in [2.05, 4.69) is 31.2 Å². The highest BCUT2D eigenvalue weighted by Gasteiger charge is 2.11. The summed E-state index contributed by atoms with van der Waals surface area (Å²) in [5.74, 6) is 1.07. The van der Waals surface area contributed by atoms with Crippen molar-refractivity contribution in [1.82, 2.24) is 0 Å². The second kappa shape index (κ2) is 7.37. The smallest absolute Gasteiger partial charge is 0.0624 e. The van der Waals surface area contributed by atoms with E-state index < -0.39 is 0 Å². The Bertz CT molecular complexity index is 569. The maximum atomic E-state index is 6.26. The summed E-state index contributed by atoms with van der Waals surface area (Å²) in [6, 6.07) is 14.0. The molecule has 0 saturated heterocycles. The first kappa shape index (κ1) is 15.7. The number of thioether (sulfide) groups is 1. The van der Waals surface area contributed by atoms with Crippen LogP contribution in [-0.4, -0.2) is 5.75 Å². The molecule has 0 aliphatic carbocycles. The predicted octanol–water partition coefficient (Wildman–Crippen LogP) is 5.35. The first-order valence-electron chi connectivity index (χ1n) is 6.53. The molecule has 20 heavy (non-hydrogen) atoms. The van der Waals surface area contributed by atoms with Gasteiger partial charge in [0.1, 0.15) is 0 Å². The predicted molar refractivity (Wildman–Crippen MR) is 89.9 cm³/mol. The van der Waals surface area contributed by atoms with Crippen molar-refractivity contribution in [2.75, 3.05) is 5.75 Å². The molecule has 0 amide bonds. The van der Waals surface area contributed by atoms with Crippen LogP contribution in [0.4, 0.5) is 0 Å². The average Bonchev–Trinajstić information content (AvgIpc) is 2.45. The van der Waals surface area contributed by atoms with Crippen LogP contribution in [0.2, 0.25) is 10.0 Å². The highest BCUT2D eigenvalue weighted by atomic mass is 35.5. The highest BCUT2D eigenvalue weighted by molar-refractivity contribution is 7.99. The van der Waals surface area contributed by atoms with Crippen molar-refractivity contribution in [2.24, 2.45) is 5.73 Å². The van der Waals surface area contributed by atoms with Crippen molar-refractivity contribution >= 4 is 35.0 Å². The van der Waals surface area contributed by atoms with E-state index in [4.69, 9.17) is 28.9 Å². The lowest BCUT2D eigenvalue weighted by atomic mass is 10.00. The molecule has 2 N–H and O–H groups in total. The van der Waals surface area contributed by atoms with Gasteiger partial charge in [0.05, 0.1) is 10.0 Å². The Hall–Kier alpha value is -0.670. The molecule has 1 nitrogen and oxygen atoms in total. The fraction of sp³-hybridized carbons (Fsp3) is 0.250. The van der Waals surface area contributed by atoms with Crippen molar-refractivity contribution in [3.63, 3.8) is 0 Å². The number of hydrogen-bond acceptors (Lipinski definition) is 2. The van der Waals surface area contributed by atoms with Gasteiger partial charge in [-0.1, -0.05) is 54.4 Å². The van der Waals surface area contributed by atoms with Crippen LogP contribution in [0.5, 0.6) is 0 Å². The molecular weight excluding hydrogens is 309 g/mol. The van der Waals surface area contributed by atoms with Crippen LogP contribution in [-0.2, 0) is 6.42 Å². The molecule has 0 spiro atoms. The van der Waals surface area contributed by atoms with Gasteiger partial charge in [-0.3, -0.25) is 0 Å². The summed E-state index contributed by atoms with van der Waals surface area (Å²) in [6.07, 6.45) is 0.680. The number of hydrogen-bond donors (Lipinski definition) is 1. The second-order valence-corrected chi connectivity index (χ2v) is 6.65. The van der Waals surface area contributed by atoms with Crippen LogP contribution in [0.25, 0.3) is 0 Å². The Balaban J connectivity index is 2.11. The molecule has 0 radical (unpaired) electrons. The van der Waals surface area contributed by atoms with E-state index in [9.17, 15) is 0 Å². The Morgan fingerprint density at radius 3 is 2.45 bits per heavy atom. The molecule has 0 aliphatic rings. The van der Waals surface area contributed by atoms with Crippen molar-refractivity contribution in [2.45, 2.75) is 24.3 Å². The molecule has 0 aromatic heterocycles. The lowest BCUT2D eigenvalue weighted by Gasteiger charge is -2.14. The van der Waals surface area contributed by atoms with Crippen molar-refractivity contribution in [3.8, 4) is 0 Å². The first-order chi connectivity index (χ1) is 9.61. The van der Waals surface area contributed by atoms with Crippen LogP contribution >= 0.6 is 35.0 Å². The van der Waals surface area contributed by atoms with Crippen LogP contribution in [0, 0.1) is 0 Å². The summed E-state index contributed by atoms with van der Waals surface area (Å²) < 4.78 is 0. The third kappa shape index (κ3) is 3.92. The summed E-state index contributed by atoms with van der Waals surface area (Å²) in [6.45, 7) is 2.14. The summed E-state index contributed by atoms with van der Waals surface area (Å²) in [5.41, 5.74) is 8.36. The van der Waals surface area contributed by atoms with Gasteiger partial charge in [-0.05, 0) is 41.5 Å². The number of halogens is 2. The summed E-state index contributed by atoms with van der Waals surface area (Å²) in [4.78, 5) is 1.27. The summed E-state index contributed by atoms with van der Waals surface area (Å²) >= 11 is 14.0. The van der Waals surface area contributed by atoms with Crippen molar-refractivity contribution in [1.29, 1.82) is 0 Å². The second-order valence-electron chi connectivity index (χ2n) is 4.53. The fourth-order valence-corrected chi connectivity index (χ4v) is 3.10. The molecule has 1 atom stereocenters. The first-order valence-corrected chi connectivity index (χ1v) is 8.27. The van der Waals surface area contributed by atoms with E-state index in [0.717, 1.165) is 16.9 Å². The molecule has 0 saturated carbocycles. The number of nitrogens with two attached hydrogens (primary N) is 1. The van der Waals surface area contributed by atoms with Gasteiger partial charge in [0.25, 0.3) is 0 Å². The zero-order chi connectivity index (χ0) is 14.5. The molecule has 2 aromatic rings. The van der Waals surface area contributed by atoms with Gasteiger partial charge >= 0.3 is 0 Å². The van der Waals surface area contributed by atoms with Crippen LogP contribution in [0.3, 0.4) is 0 Å². The van der Waals surface area contributed by atoms with Gasteiger partial charge in [-0.2, -0.15) is 0 Å². The van der Waals surface area contributed by atoms with Crippen molar-refractivity contribution < 1.29 is 0 Å². The third-order valence-corrected chi connectivity index (χ3v) is 4.84. The quantitative estimate of drug-likeness (QED) is 0.750. The van der Waals surface area contributed by atoms with E-state index in [-0.39, 0.29) is 6.04 Å². The minimum absolute atomic E-state index is 0.0772. The highest BCUT2D eigenvalue weighted by Crippen LogP contribution is 2.29. The molecule has 4 heteroatoms. The zero-order valence-electron chi connectivity index (χ0n) is 11.3. The lowest BCUT2D eigenvalue weighted by Crippen LogP contribution is -2.13. The molecule has 2 rings (SSSR count). The van der Waals surface area contributed by atoms with E-state index in [0.29, 0.717) is 16.5 Å². The normalized spacial score (nSPS) is 12.4. The molecule has 1 unspecified atom stereocenters. The van der Waals surface area contributed by atoms with Gasteiger partial charge in [0, 0.05) is 10.9 Å². The van der Waals surface area contributed by atoms with Gasteiger partial charge in [0.2, 0.25) is 0 Å². The van der Waals surface area contributed by atoms with Gasteiger partial charge in [-0.15, -0.1) is 11.8 Å². The largest absolute Gasteiger partial charge is 0.324 e. The van der Waals surface area contributed by atoms with E-state index in [1.165, 1.54) is 4.90 Å². The van der Waals surface area contributed by atoms with E-state index in [1.54, 1.807) is 6.07 Å². The fourth-order valence-electron chi connectivity index (χ4n) is 2.04. The molecule has 0 fully saturated rings. The zero-order valence-corrected chi connectivity index (χ0v) is 13.6. The Labute approximate surface area is 134 Å². The van der Waals surface area contributed by atoms with Gasteiger partial charge < -0.3 is 5.73 Å². The molecule has 2 aromatic carbocycles. The maximum Gasteiger partial charge on any atom is 0.0624 e. The minimum atomic E-state index is -0.0772. The average molecular weight is 326 g/mol. The van der Waals surface area contributed by atoms with Crippen LogP contribution < -0.4 is 5.73 Å². The Morgan fingerprint density at radius 2 is 1.80 bits per heavy atom. The third-order valence-electron chi connectivity index (χ3n) is 3.09. The minimum Gasteiger partial charge on any atom is -0.324 e.